The van der Waals surface area contributed by atoms with Gasteiger partial charge in [0, 0.05) is 11.1 Å². The number of hydrogen-bond acceptors (Lipinski definition) is 6. The van der Waals surface area contributed by atoms with Crippen LogP contribution < -0.4 is 9.47 Å². The molecule has 3 aromatic carbocycles. The molecule has 0 aliphatic rings. The number of benzene rings is 3. The molecule has 3 rings (SSSR count). The van der Waals surface area contributed by atoms with E-state index in [0.717, 1.165) is 35.1 Å². The predicted molar refractivity (Wildman–Crippen MR) is 132 cm³/mol. The van der Waals surface area contributed by atoms with Gasteiger partial charge in [0.15, 0.2) is 0 Å². The molecule has 6 nitrogen and oxygen atoms in total. The Morgan fingerprint density at radius 2 is 0.971 bits per heavy atom. The van der Waals surface area contributed by atoms with Gasteiger partial charge >= 0.3 is 11.9 Å². The second kappa shape index (κ2) is 11.9. The van der Waals surface area contributed by atoms with E-state index in [2.05, 4.69) is 13.8 Å². The Morgan fingerprint density at radius 3 is 1.26 bits per heavy atom. The van der Waals surface area contributed by atoms with E-state index >= 15 is 0 Å². The first-order valence-electron chi connectivity index (χ1n) is 11.3. The summed E-state index contributed by atoms with van der Waals surface area (Å²) in [5, 5.41) is 0. The normalized spacial score (nSPS) is 10.5. The van der Waals surface area contributed by atoms with Gasteiger partial charge in [0.05, 0.1) is 38.6 Å². The SMILES string of the molecule is CCCOc1cc(-c2ccc(C(=O)OC)cc2)c(OCCC)cc1-c1ccc(C(=O)OC)cc1. The molecule has 0 bridgehead atoms. The summed E-state index contributed by atoms with van der Waals surface area (Å²) in [4.78, 5) is 23.7. The van der Waals surface area contributed by atoms with Crippen molar-refractivity contribution >= 4 is 11.9 Å². The van der Waals surface area contributed by atoms with Crippen molar-refractivity contribution in [2.75, 3.05) is 27.4 Å². The van der Waals surface area contributed by atoms with Crippen molar-refractivity contribution in [3.05, 3.63) is 71.8 Å². The molecule has 34 heavy (non-hydrogen) atoms. The van der Waals surface area contributed by atoms with Crippen LogP contribution in [0.15, 0.2) is 60.7 Å². The summed E-state index contributed by atoms with van der Waals surface area (Å²) in [5.41, 5.74) is 4.48. The van der Waals surface area contributed by atoms with E-state index < -0.39 is 0 Å². The number of carbonyl (C=O) groups is 2. The van der Waals surface area contributed by atoms with Gasteiger partial charge in [0.1, 0.15) is 11.5 Å². The third kappa shape index (κ3) is 5.76. The van der Waals surface area contributed by atoms with Crippen LogP contribution in [-0.4, -0.2) is 39.4 Å². The summed E-state index contributed by atoms with van der Waals surface area (Å²) in [6.45, 7) is 5.22. The van der Waals surface area contributed by atoms with Crippen LogP contribution in [0.3, 0.4) is 0 Å². The fraction of sp³-hybridized carbons (Fsp3) is 0.286. The number of rotatable bonds is 10. The summed E-state index contributed by atoms with van der Waals surface area (Å²) < 4.78 is 21.8. The molecular weight excluding hydrogens is 432 g/mol. The first-order valence-corrected chi connectivity index (χ1v) is 11.3. The Balaban J connectivity index is 2.11. The molecule has 0 saturated heterocycles. The Labute approximate surface area is 200 Å². The van der Waals surface area contributed by atoms with Gasteiger partial charge in [0.2, 0.25) is 0 Å². The molecule has 0 aliphatic heterocycles. The van der Waals surface area contributed by atoms with Crippen LogP contribution in [0.2, 0.25) is 0 Å². The highest BCUT2D eigenvalue weighted by Gasteiger charge is 2.17. The van der Waals surface area contributed by atoms with Crippen molar-refractivity contribution in [1.29, 1.82) is 0 Å². The molecule has 0 saturated carbocycles. The van der Waals surface area contributed by atoms with Gasteiger partial charge in [0.25, 0.3) is 0 Å². The van der Waals surface area contributed by atoms with Gasteiger partial charge in [-0.05, 0) is 60.4 Å². The Bertz CT molecular complexity index is 1030. The Kier molecular flexibility index (Phi) is 8.68. The molecule has 0 aliphatic carbocycles. The smallest absolute Gasteiger partial charge is 0.337 e. The molecule has 178 valence electrons. The molecule has 0 amide bonds. The lowest BCUT2D eigenvalue weighted by Gasteiger charge is -2.18. The molecule has 0 radical (unpaired) electrons. The second-order valence-electron chi connectivity index (χ2n) is 7.68. The topological polar surface area (TPSA) is 71.1 Å². The van der Waals surface area contributed by atoms with Gasteiger partial charge in [-0.1, -0.05) is 38.1 Å². The summed E-state index contributed by atoms with van der Waals surface area (Å²) >= 11 is 0. The minimum absolute atomic E-state index is 0.383. The number of carbonyl (C=O) groups excluding carboxylic acids is 2. The zero-order valence-corrected chi connectivity index (χ0v) is 20.1. The molecule has 0 N–H and O–H groups in total. The van der Waals surface area contributed by atoms with Crippen molar-refractivity contribution in [2.24, 2.45) is 0 Å². The lowest BCUT2D eigenvalue weighted by molar-refractivity contribution is 0.0592. The minimum atomic E-state index is -0.383. The monoisotopic (exact) mass is 462 g/mol. The molecule has 3 aromatic rings. The molecule has 6 heteroatoms. The zero-order chi connectivity index (χ0) is 24.5. The largest absolute Gasteiger partial charge is 0.493 e. The van der Waals surface area contributed by atoms with Crippen LogP contribution in [0.4, 0.5) is 0 Å². The van der Waals surface area contributed by atoms with Crippen molar-refractivity contribution < 1.29 is 28.5 Å². The van der Waals surface area contributed by atoms with Gasteiger partial charge < -0.3 is 18.9 Å². The number of hydrogen-bond donors (Lipinski definition) is 0. The summed E-state index contributed by atoms with van der Waals surface area (Å²) in [6, 6.07) is 18.4. The first-order chi connectivity index (χ1) is 16.5. The van der Waals surface area contributed by atoms with Gasteiger partial charge in [-0.15, -0.1) is 0 Å². The highest BCUT2D eigenvalue weighted by atomic mass is 16.5. The van der Waals surface area contributed by atoms with Crippen LogP contribution in [-0.2, 0) is 9.47 Å². The highest BCUT2D eigenvalue weighted by Crippen LogP contribution is 2.41. The quantitative estimate of drug-likeness (QED) is 0.336. The highest BCUT2D eigenvalue weighted by molar-refractivity contribution is 5.91. The maximum Gasteiger partial charge on any atom is 0.337 e. The molecule has 0 atom stereocenters. The van der Waals surface area contributed by atoms with Crippen molar-refractivity contribution in [3.63, 3.8) is 0 Å². The first kappa shape index (κ1) is 24.8. The van der Waals surface area contributed by atoms with E-state index in [1.165, 1.54) is 14.2 Å². The van der Waals surface area contributed by atoms with Crippen molar-refractivity contribution in [3.8, 4) is 33.8 Å². The average Bonchev–Trinajstić information content (AvgIpc) is 2.89. The third-order valence-electron chi connectivity index (χ3n) is 5.24. The average molecular weight is 463 g/mol. The Hall–Kier alpha value is -3.80. The van der Waals surface area contributed by atoms with Crippen LogP contribution in [0.5, 0.6) is 11.5 Å². The van der Waals surface area contributed by atoms with E-state index in [9.17, 15) is 9.59 Å². The Morgan fingerprint density at radius 1 is 0.618 bits per heavy atom. The molecule has 0 fully saturated rings. The van der Waals surface area contributed by atoms with E-state index in [1.807, 2.05) is 36.4 Å². The summed E-state index contributed by atoms with van der Waals surface area (Å²) in [5.74, 6) is 0.658. The number of methoxy groups -OCH3 is 2. The summed E-state index contributed by atoms with van der Waals surface area (Å²) in [6.07, 6.45) is 1.72. The van der Waals surface area contributed by atoms with Crippen LogP contribution >= 0.6 is 0 Å². The van der Waals surface area contributed by atoms with Crippen LogP contribution in [0.25, 0.3) is 22.3 Å². The molecule has 0 aromatic heterocycles. The fourth-order valence-electron chi connectivity index (χ4n) is 3.48. The van der Waals surface area contributed by atoms with Gasteiger partial charge in [-0.3, -0.25) is 0 Å². The fourth-order valence-corrected chi connectivity index (χ4v) is 3.48. The predicted octanol–water partition coefficient (Wildman–Crippen LogP) is 6.17. The van der Waals surface area contributed by atoms with Crippen LogP contribution in [0, 0.1) is 0 Å². The zero-order valence-electron chi connectivity index (χ0n) is 20.1. The maximum atomic E-state index is 11.8. The van der Waals surface area contributed by atoms with E-state index in [1.54, 1.807) is 24.3 Å². The van der Waals surface area contributed by atoms with Crippen molar-refractivity contribution in [1.82, 2.24) is 0 Å². The molecule has 0 heterocycles. The lowest BCUT2D eigenvalue weighted by Crippen LogP contribution is -2.03. The summed E-state index contributed by atoms with van der Waals surface area (Å²) in [7, 11) is 2.72. The van der Waals surface area contributed by atoms with Crippen LogP contribution in [0.1, 0.15) is 47.4 Å². The van der Waals surface area contributed by atoms with Gasteiger partial charge in [-0.2, -0.15) is 0 Å². The maximum absolute atomic E-state index is 11.8. The number of esters is 2. The third-order valence-corrected chi connectivity index (χ3v) is 5.24. The molecule has 0 spiro atoms. The lowest BCUT2D eigenvalue weighted by atomic mass is 9.96. The second-order valence-corrected chi connectivity index (χ2v) is 7.68. The minimum Gasteiger partial charge on any atom is -0.493 e. The van der Waals surface area contributed by atoms with Crippen molar-refractivity contribution in [2.45, 2.75) is 26.7 Å². The van der Waals surface area contributed by atoms with E-state index in [4.69, 9.17) is 18.9 Å². The standard InChI is InChI=1S/C28H30O6/c1-5-15-33-25-17-24(20-9-13-22(14-10-20)28(30)32-4)26(34-16-6-2)18-23(25)19-7-11-21(12-8-19)27(29)31-3/h7-14,17-18H,5-6,15-16H2,1-4H3. The molecule has 0 unspecified atom stereocenters. The molecular formula is C28H30O6. The van der Waals surface area contributed by atoms with E-state index in [0.29, 0.717) is 35.8 Å². The number of ether oxygens (including phenoxy) is 4. The van der Waals surface area contributed by atoms with Gasteiger partial charge in [-0.25, -0.2) is 9.59 Å². The van der Waals surface area contributed by atoms with E-state index in [-0.39, 0.29) is 11.9 Å².